The van der Waals surface area contributed by atoms with E-state index in [1.807, 2.05) is 6.92 Å². The molecule has 0 radical (unpaired) electrons. The Morgan fingerprint density at radius 2 is 2.50 bits per heavy atom. The monoisotopic (exact) mass is 133 g/mol. The van der Waals surface area contributed by atoms with Crippen molar-refractivity contribution in [3.05, 3.63) is 0 Å². The molecule has 2 nitrogen and oxygen atoms in total. The highest BCUT2D eigenvalue weighted by atomic mass is 32.1. The lowest BCUT2D eigenvalue weighted by molar-refractivity contribution is 0.244. The van der Waals surface area contributed by atoms with Gasteiger partial charge in [-0.05, 0) is 6.54 Å². The fraction of sp³-hybridized carbons (Fsp3) is 0.800. The molecular formula is C5H11NOS. The third-order valence-electron chi connectivity index (χ3n) is 0.761. The first-order valence-corrected chi connectivity index (χ1v) is 3.12. The van der Waals surface area contributed by atoms with Crippen molar-refractivity contribution in [2.45, 2.75) is 13.0 Å². The van der Waals surface area contributed by atoms with E-state index in [4.69, 9.17) is 5.11 Å². The molecule has 8 heavy (non-hydrogen) atoms. The number of aliphatic hydroxyl groups excluding tert-OH is 1. The second kappa shape index (κ2) is 5.15. The molecule has 0 aliphatic rings. The molecule has 48 valence electrons. The molecule has 1 unspecified atom stereocenters. The lowest BCUT2D eigenvalue weighted by atomic mass is 10.4. The van der Waals surface area contributed by atoms with Crippen molar-refractivity contribution in [2.75, 3.05) is 13.1 Å². The summed E-state index contributed by atoms with van der Waals surface area (Å²) >= 11 is 4.47. The highest BCUT2D eigenvalue weighted by Gasteiger charge is 1.93. The molecule has 0 bridgehead atoms. The number of likely N-dealkylation sites (N-methyl/N-ethyl adjacent to an activating group) is 1. The average Bonchev–Trinajstić information content (AvgIpc) is 1.83. The number of aliphatic hydroxyl groups is 1. The Hall–Kier alpha value is 0.01000. The smallest absolute Gasteiger partial charge is 0.0946 e. The Morgan fingerprint density at radius 1 is 1.88 bits per heavy atom. The van der Waals surface area contributed by atoms with Gasteiger partial charge in [0.15, 0.2) is 0 Å². The summed E-state index contributed by atoms with van der Waals surface area (Å²) < 4.78 is 0. The second-order valence-electron chi connectivity index (χ2n) is 1.51. The molecule has 0 aromatic carbocycles. The van der Waals surface area contributed by atoms with Crippen molar-refractivity contribution in [2.24, 2.45) is 0 Å². The Kier molecular flexibility index (Phi) is 5.16. The SMILES string of the molecule is CCNCC(O)C=S. The van der Waals surface area contributed by atoms with E-state index >= 15 is 0 Å². The number of hydrogen-bond donors (Lipinski definition) is 2. The van der Waals surface area contributed by atoms with E-state index in [9.17, 15) is 0 Å². The summed E-state index contributed by atoms with van der Waals surface area (Å²) in [6.07, 6.45) is -0.468. The number of thiocarbonyl (C=S) groups is 1. The van der Waals surface area contributed by atoms with E-state index in [1.54, 1.807) is 0 Å². The molecule has 0 saturated carbocycles. The van der Waals surface area contributed by atoms with Crippen molar-refractivity contribution in [1.82, 2.24) is 5.32 Å². The highest BCUT2D eigenvalue weighted by molar-refractivity contribution is 7.79. The van der Waals surface area contributed by atoms with E-state index in [1.165, 1.54) is 5.37 Å². The average molecular weight is 133 g/mol. The maximum absolute atomic E-state index is 8.77. The van der Waals surface area contributed by atoms with E-state index in [2.05, 4.69) is 17.5 Å². The van der Waals surface area contributed by atoms with E-state index in [0.29, 0.717) is 6.54 Å². The van der Waals surface area contributed by atoms with Gasteiger partial charge in [-0.2, -0.15) is 0 Å². The molecule has 3 heteroatoms. The number of nitrogens with one attached hydrogen (secondary N) is 1. The van der Waals surface area contributed by atoms with Crippen molar-refractivity contribution in [1.29, 1.82) is 0 Å². The molecule has 2 N–H and O–H groups in total. The van der Waals surface area contributed by atoms with Crippen molar-refractivity contribution < 1.29 is 5.11 Å². The van der Waals surface area contributed by atoms with E-state index < -0.39 is 6.10 Å². The predicted molar refractivity (Wildman–Crippen MR) is 38.2 cm³/mol. The molecule has 0 rings (SSSR count). The van der Waals surface area contributed by atoms with Crippen molar-refractivity contribution in [3.63, 3.8) is 0 Å². The first-order valence-electron chi connectivity index (χ1n) is 2.65. The van der Waals surface area contributed by atoms with Crippen LogP contribution in [0, 0.1) is 0 Å². The standard InChI is InChI=1S/C5H11NOS/c1-2-6-3-5(7)4-8/h4-7H,2-3H2,1H3. The zero-order chi connectivity index (χ0) is 6.41. The Morgan fingerprint density at radius 3 is 2.88 bits per heavy atom. The van der Waals surface area contributed by atoms with Gasteiger partial charge in [0.1, 0.15) is 0 Å². The molecule has 0 saturated heterocycles. The highest BCUT2D eigenvalue weighted by Crippen LogP contribution is 1.72. The van der Waals surface area contributed by atoms with Gasteiger partial charge in [-0.3, -0.25) is 0 Å². The van der Waals surface area contributed by atoms with Gasteiger partial charge < -0.3 is 10.4 Å². The third kappa shape index (κ3) is 4.18. The van der Waals surface area contributed by atoms with Crippen LogP contribution in [0.4, 0.5) is 0 Å². The van der Waals surface area contributed by atoms with Gasteiger partial charge in [-0.25, -0.2) is 0 Å². The zero-order valence-corrected chi connectivity index (χ0v) is 5.74. The molecular weight excluding hydrogens is 122 g/mol. The molecule has 0 aromatic heterocycles. The van der Waals surface area contributed by atoms with Gasteiger partial charge in [-0.15, -0.1) is 0 Å². The molecule has 0 aromatic rings. The number of hydrogen-bond acceptors (Lipinski definition) is 3. The minimum absolute atomic E-state index is 0.468. The fourth-order valence-corrected chi connectivity index (χ4v) is 0.437. The van der Waals surface area contributed by atoms with Gasteiger partial charge in [0.05, 0.1) is 6.10 Å². The lowest BCUT2D eigenvalue weighted by Gasteiger charge is -2.01. The first-order chi connectivity index (χ1) is 3.81. The van der Waals surface area contributed by atoms with Gasteiger partial charge in [-0.1, -0.05) is 19.1 Å². The summed E-state index contributed by atoms with van der Waals surface area (Å²) in [6, 6.07) is 0. The summed E-state index contributed by atoms with van der Waals surface area (Å²) in [5.41, 5.74) is 0. The van der Waals surface area contributed by atoms with Crippen LogP contribution in [0.5, 0.6) is 0 Å². The van der Waals surface area contributed by atoms with Crippen LogP contribution in [0.15, 0.2) is 0 Å². The van der Waals surface area contributed by atoms with Gasteiger partial charge >= 0.3 is 0 Å². The van der Waals surface area contributed by atoms with Gasteiger partial charge in [0.25, 0.3) is 0 Å². The summed E-state index contributed by atoms with van der Waals surface area (Å²) in [6.45, 7) is 3.43. The molecule has 0 heterocycles. The van der Waals surface area contributed by atoms with Crippen molar-refractivity contribution >= 4 is 17.6 Å². The second-order valence-corrected chi connectivity index (χ2v) is 1.78. The number of rotatable bonds is 4. The normalized spacial score (nSPS) is 13.2. The molecule has 0 aliphatic heterocycles. The molecule has 0 aliphatic carbocycles. The van der Waals surface area contributed by atoms with Crippen LogP contribution in [0.3, 0.4) is 0 Å². The lowest BCUT2D eigenvalue weighted by Crippen LogP contribution is -2.26. The molecule has 1 atom stereocenters. The largest absolute Gasteiger partial charge is 0.387 e. The van der Waals surface area contributed by atoms with Crippen LogP contribution in [0.25, 0.3) is 0 Å². The quantitative estimate of drug-likeness (QED) is 0.528. The molecule has 0 amide bonds. The van der Waals surface area contributed by atoms with Crippen LogP contribution < -0.4 is 5.32 Å². The van der Waals surface area contributed by atoms with E-state index in [-0.39, 0.29) is 0 Å². The van der Waals surface area contributed by atoms with Crippen LogP contribution in [0.1, 0.15) is 6.92 Å². The summed E-state index contributed by atoms with van der Waals surface area (Å²) in [7, 11) is 0. The van der Waals surface area contributed by atoms with Gasteiger partial charge in [0, 0.05) is 11.9 Å². The summed E-state index contributed by atoms with van der Waals surface area (Å²) in [5, 5.41) is 13.1. The Labute approximate surface area is 54.9 Å². The van der Waals surface area contributed by atoms with Crippen LogP contribution >= 0.6 is 12.2 Å². The maximum Gasteiger partial charge on any atom is 0.0946 e. The Bertz CT molecular complexity index is 67.4. The molecule has 0 spiro atoms. The van der Waals surface area contributed by atoms with E-state index in [0.717, 1.165) is 6.54 Å². The predicted octanol–water partition coefficient (Wildman–Crippen LogP) is -0.0435. The van der Waals surface area contributed by atoms with Crippen LogP contribution in [-0.2, 0) is 0 Å². The topological polar surface area (TPSA) is 32.3 Å². The van der Waals surface area contributed by atoms with Gasteiger partial charge in [0.2, 0.25) is 0 Å². The van der Waals surface area contributed by atoms with Crippen LogP contribution in [0.2, 0.25) is 0 Å². The molecule has 0 fully saturated rings. The first kappa shape index (κ1) is 8.01. The van der Waals surface area contributed by atoms with Crippen LogP contribution in [-0.4, -0.2) is 29.7 Å². The zero-order valence-electron chi connectivity index (χ0n) is 4.92. The minimum atomic E-state index is -0.468. The summed E-state index contributed by atoms with van der Waals surface area (Å²) in [4.78, 5) is 0. The summed E-state index contributed by atoms with van der Waals surface area (Å²) in [5.74, 6) is 0. The maximum atomic E-state index is 8.77. The minimum Gasteiger partial charge on any atom is -0.387 e. The fourth-order valence-electron chi connectivity index (χ4n) is 0.340. The third-order valence-corrected chi connectivity index (χ3v) is 1.07. The van der Waals surface area contributed by atoms with Crippen molar-refractivity contribution in [3.8, 4) is 0 Å². The Balaban J connectivity index is 2.98.